The van der Waals surface area contributed by atoms with E-state index in [1.807, 2.05) is 6.07 Å². The molecule has 0 aromatic heterocycles. The van der Waals surface area contributed by atoms with E-state index in [1.165, 1.54) is 22.5 Å². The molecule has 1 aliphatic rings. The van der Waals surface area contributed by atoms with E-state index in [0.29, 0.717) is 18.7 Å². The number of ether oxygens (including phenoxy) is 1. The Kier molecular flexibility index (Phi) is 5.39. The summed E-state index contributed by atoms with van der Waals surface area (Å²) in [5, 5.41) is 20.4. The first kappa shape index (κ1) is 18.8. The summed E-state index contributed by atoms with van der Waals surface area (Å²) in [7, 11) is -3.79. The van der Waals surface area contributed by atoms with Crippen LogP contribution < -0.4 is 4.74 Å². The van der Waals surface area contributed by atoms with Gasteiger partial charge < -0.3 is 4.74 Å². The van der Waals surface area contributed by atoms with Crippen molar-refractivity contribution in [1.29, 1.82) is 5.26 Å². The van der Waals surface area contributed by atoms with Crippen LogP contribution in [0.1, 0.15) is 24.8 Å². The fourth-order valence-corrected chi connectivity index (χ4v) is 4.43. The largest absolute Gasteiger partial charge is 0.450 e. The number of piperidine rings is 1. The molecule has 0 unspecified atom stereocenters. The lowest BCUT2D eigenvalue weighted by Gasteiger charge is -2.25. The normalized spacial score (nSPS) is 15.1. The van der Waals surface area contributed by atoms with Gasteiger partial charge in [0.05, 0.1) is 21.5 Å². The molecule has 1 aliphatic heterocycles. The maximum absolute atomic E-state index is 12.7. The molecule has 3 rings (SSSR count). The molecule has 8 nitrogen and oxygen atoms in total. The van der Waals surface area contributed by atoms with Gasteiger partial charge in [-0.3, -0.25) is 10.1 Å². The molecule has 9 heteroatoms. The molecule has 0 aliphatic carbocycles. The van der Waals surface area contributed by atoms with Crippen LogP contribution in [-0.4, -0.2) is 30.7 Å². The van der Waals surface area contributed by atoms with Gasteiger partial charge in [-0.05, 0) is 43.2 Å². The summed E-state index contributed by atoms with van der Waals surface area (Å²) in [6.07, 6.45) is 2.52. The van der Waals surface area contributed by atoms with Crippen LogP contribution in [-0.2, 0) is 10.0 Å². The second kappa shape index (κ2) is 7.73. The van der Waals surface area contributed by atoms with Crippen molar-refractivity contribution in [3.05, 3.63) is 58.1 Å². The van der Waals surface area contributed by atoms with Crippen molar-refractivity contribution in [2.75, 3.05) is 13.1 Å². The molecular formula is C18H17N3O5S. The second-order valence-corrected chi connectivity index (χ2v) is 8.03. The minimum Gasteiger partial charge on any atom is -0.450 e. The highest BCUT2D eigenvalue weighted by Gasteiger charge is 2.29. The van der Waals surface area contributed by atoms with Crippen LogP contribution in [0.5, 0.6) is 11.5 Å². The average molecular weight is 387 g/mol. The summed E-state index contributed by atoms with van der Waals surface area (Å²) in [5.74, 6) is 0.163. The van der Waals surface area contributed by atoms with Crippen LogP contribution in [0.2, 0.25) is 0 Å². The van der Waals surface area contributed by atoms with Crippen LogP contribution in [0, 0.1) is 21.4 Å². The van der Waals surface area contributed by atoms with Gasteiger partial charge in [-0.2, -0.15) is 9.57 Å². The monoisotopic (exact) mass is 387 g/mol. The molecule has 0 radical (unpaired) electrons. The molecule has 2 aromatic carbocycles. The van der Waals surface area contributed by atoms with Gasteiger partial charge >= 0.3 is 5.69 Å². The summed E-state index contributed by atoms with van der Waals surface area (Å²) in [5.41, 5.74) is -0.102. The molecule has 1 saturated heterocycles. The number of rotatable bonds is 5. The van der Waals surface area contributed by atoms with Crippen LogP contribution >= 0.6 is 0 Å². The van der Waals surface area contributed by atoms with Crippen molar-refractivity contribution in [2.45, 2.75) is 24.2 Å². The molecule has 0 bridgehead atoms. The SMILES string of the molecule is N#Cc1cccc(Oc2ccc(S(=O)(=O)N3CCCCC3)cc2[N+](=O)[O-])c1. The zero-order valence-electron chi connectivity index (χ0n) is 14.4. The maximum Gasteiger partial charge on any atom is 0.312 e. The minimum absolute atomic E-state index is 0.0901. The first-order valence-electron chi connectivity index (χ1n) is 8.38. The van der Waals surface area contributed by atoms with Gasteiger partial charge in [0.1, 0.15) is 5.75 Å². The summed E-state index contributed by atoms with van der Waals surface area (Å²) in [6, 6.07) is 11.7. The van der Waals surface area contributed by atoms with Crippen LogP contribution in [0.15, 0.2) is 47.4 Å². The Morgan fingerprint density at radius 3 is 2.52 bits per heavy atom. The van der Waals surface area contributed by atoms with E-state index < -0.39 is 20.6 Å². The molecule has 0 N–H and O–H groups in total. The first-order valence-corrected chi connectivity index (χ1v) is 9.82. The van der Waals surface area contributed by atoms with E-state index in [9.17, 15) is 18.5 Å². The zero-order chi connectivity index (χ0) is 19.4. The molecule has 0 atom stereocenters. The quantitative estimate of drug-likeness (QED) is 0.573. The number of nitriles is 1. The van der Waals surface area contributed by atoms with Crippen molar-refractivity contribution < 1.29 is 18.1 Å². The third-order valence-electron chi connectivity index (χ3n) is 4.27. The Hall–Kier alpha value is -2.96. The number of benzene rings is 2. The van der Waals surface area contributed by atoms with Gasteiger partial charge in [0.15, 0.2) is 0 Å². The number of hydrogen-bond acceptors (Lipinski definition) is 6. The minimum atomic E-state index is -3.79. The molecule has 27 heavy (non-hydrogen) atoms. The van der Waals surface area contributed by atoms with E-state index in [4.69, 9.17) is 10.00 Å². The summed E-state index contributed by atoms with van der Waals surface area (Å²) >= 11 is 0. The number of sulfonamides is 1. The van der Waals surface area contributed by atoms with Crippen molar-refractivity contribution in [3.8, 4) is 17.6 Å². The van der Waals surface area contributed by atoms with E-state index >= 15 is 0 Å². The van der Waals surface area contributed by atoms with Gasteiger partial charge in [0, 0.05) is 19.2 Å². The number of nitro benzene ring substituents is 1. The summed E-state index contributed by atoms with van der Waals surface area (Å²) < 4.78 is 32.4. The predicted octanol–water partition coefficient (Wildman–Crippen LogP) is 3.43. The van der Waals surface area contributed by atoms with Gasteiger partial charge in [0.2, 0.25) is 15.8 Å². The second-order valence-electron chi connectivity index (χ2n) is 6.09. The van der Waals surface area contributed by atoms with Crippen LogP contribution in [0.3, 0.4) is 0 Å². The summed E-state index contributed by atoms with van der Waals surface area (Å²) in [4.78, 5) is 10.6. The van der Waals surface area contributed by atoms with Crippen molar-refractivity contribution in [2.24, 2.45) is 0 Å². The van der Waals surface area contributed by atoms with E-state index in [0.717, 1.165) is 25.3 Å². The number of nitro groups is 1. The van der Waals surface area contributed by atoms with Gasteiger partial charge in [-0.15, -0.1) is 0 Å². The maximum atomic E-state index is 12.7. The molecule has 1 heterocycles. The first-order chi connectivity index (χ1) is 12.9. The smallest absolute Gasteiger partial charge is 0.312 e. The molecule has 0 spiro atoms. The van der Waals surface area contributed by atoms with E-state index in [2.05, 4.69) is 0 Å². The fourth-order valence-electron chi connectivity index (χ4n) is 2.90. The van der Waals surface area contributed by atoms with E-state index in [-0.39, 0.29) is 16.4 Å². The number of hydrogen-bond donors (Lipinski definition) is 0. The van der Waals surface area contributed by atoms with Crippen molar-refractivity contribution in [3.63, 3.8) is 0 Å². The Balaban J connectivity index is 1.95. The lowest BCUT2D eigenvalue weighted by atomic mass is 10.2. The average Bonchev–Trinajstić information content (AvgIpc) is 2.68. The third-order valence-corrected chi connectivity index (χ3v) is 6.17. The molecule has 0 amide bonds. The number of nitrogens with zero attached hydrogens (tertiary/aromatic N) is 3. The third kappa shape index (κ3) is 4.07. The highest BCUT2D eigenvalue weighted by Crippen LogP contribution is 2.34. The predicted molar refractivity (Wildman–Crippen MR) is 96.9 cm³/mol. The highest BCUT2D eigenvalue weighted by atomic mass is 32.2. The lowest BCUT2D eigenvalue weighted by Crippen LogP contribution is -2.35. The Bertz CT molecular complexity index is 1010. The fraction of sp³-hybridized carbons (Fsp3) is 0.278. The Morgan fingerprint density at radius 2 is 1.85 bits per heavy atom. The molecule has 1 fully saturated rings. The van der Waals surface area contributed by atoms with Crippen LogP contribution in [0.4, 0.5) is 5.69 Å². The molecule has 0 saturated carbocycles. The lowest BCUT2D eigenvalue weighted by molar-refractivity contribution is -0.385. The van der Waals surface area contributed by atoms with Gasteiger partial charge in [0.25, 0.3) is 0 Å². The Morgan fingerprint density at radius 1 is 1.11 bits per heavy atom. The summed E-state index contributed by atoms with van der Waals surface area (Å²) in [6.45, 7) is 0.824. The molecule has 140 valence electrons. The highest BCUT2D eigenvalue weighted by molar-refractivity contribution is 7.89. The Labute approximate surface area is 156 Å². The van der Waals surface area contributed by atoms with Gasteiger partial charge in [-0.1, -0.05) is 12.5 Å². The van der Waals surface area contributed by atoms with Crippen LogP contribution in [0.25, 0.3) is 0 Å². The van der Waals surface area contributed by atoms with E-state index in [1.54, 1.807) is 18.2 Å². The molecular weight excluding hydrogens is 370 g/mol. The standard InChI is InChI=1S/C18H17N3O5S/c19-13-14-5-4-6-15(11-14)26-18-8-7-16(12-17(18)21(22)23)27(24,25)20-9-2-1-3-10-20/h4-8,11-12H,1-3,9-10H2. The van der Waals surface area contributed by atoms with Crippen molar-refractivity contribution >= 4 is 15.7 Å². The van der Waals surface area contributed by atoms with Gasteiger partial charge in [-0.25, -0.2) is 8.42 Å². The van der Waals surface area contributed by atoms with Crippen molar-refractivity contribution in [1.82, 2.24) is 4.31 Å². The molecule has 2 aromatic rings. The topological polar surface area (TPSA) is 114 Å². The zero-order valence-corrected chi connectivity index (χ0v) is 15.2.